The zero-order valence-corrected chi connectivity index (χ0v) is 18.3. The van der Waals surface area contributed by atoms with E-state index in [-0.39, 0.29) is 18.3 Å². The van der Waals surface area contributed by atoms with Gasteiger partial charge in [0.2, 0.25) is 11.8 Å². The predicted octanol–water partition coefficient (Wildman–Crippen LogP) is 4.98. The number of hydrogen-bond acceptors (Lipinski definition) is 5. The maximum Gasteiger partial charge on any atom is 0.422 e. The predicted molar refractivity (Wildman–Crippen MR) is 119 cm³/mol. The largest absolute Gasteiger partial charge is 0.468 e. The van der Waals surface area contributed by atoms with Crippen molar-refractivity contribution >= 4 is 28.8 Å². The average molecular weight is 478 g/mol. The molecule has 2 amide bonds. The number of hydrogen-bond donors (Lipinski definition) is 2. The number of ether oxygens (including phenoxy) is 1. The molecule has 0 aliphatic carbocycles. The summed E-state index contributed by atoms with van der Waals surface area (Å²) in [5, 5.41) is 7.48. The van der Waals surface area contributed by atoms with E-state index in [9.17, 15) is 22.8 Å². The van der Waals surface area contributed by atoms with E-state index in [1.165, 1.54) is 17.1 Å². The highest BCUT2D eigenvalue weighted by Crippen LogP contribution is 2.18. The summed E-state index contributed by atoms with van der Waals surface area (Å²) in [6, 6.07) is 13.4. The molecule has 0 spiro atoms. The summed E-state index contributed by atoms with van der Waals surface area (Å²) in [6.07, 6.45) is -1.22. The first-order valence-corrected chi connectivity index (χ1v) is 11.0. The number of aryl methyl sites for hydroxylation is 1. The number of nitrogens with one attached hydrogen (secondary N) is 2. The third kappa shape index (κ3) is 8.57. The fourth-order valence-electron chi connectivity index (χ4n) is 2.92. The third-order valence-electron chi connectivity index (χ3n) is 4.45. The molecule has 0 saturated heterocycles. The van der Waals surface area contributed by atoms with Crippen molar-refractivity contribution in [3.05, 3.63) is 76.1 Å². The van der Waals surface area contributed by atoms with E-state index in [1.807, 2.05) is 17.5 Å². The maximum atomic E-state index is 12.5. The number of carbonyl (C=O) groups is 2. The van der Waals surface area contributed by atoms with Gasteiger partial charge >= 0.3 is 6.18 Å². The lowest BCUT2D eigenvalue weighted by molar-refractivity contribution is -0.154. The summed E-state index contributed by atoms with van der Waals surface area (Å²) in [6.45, 7) is -1.37. The second-order valence-corrected chi connectivity index (χ2v) is 8.18. The summed E-state index contributed by atoms with van der Waals surface area (Å²) >= 11 is 1.66. The van der Waals surface area contributed by atoms with E-state index in [0.29, 0.717) is 23.2 Å². The Morgan fingerprint density at radius 1 is 1.09 bits per heavy atom. The first-order valence-electron chi connectivity index (χ1n) is 10.1. The van der Waals surface area contributed by atoms with Gasteiger partial charge in [0.25, 0.3) is 5.91 Å². The van der Waals surface area contributed by atoms with Crippen molar-refractivity contribution in [3.63, 3.8) is 0 Å². The number of benzene rings is 1. The molecule has 174 valence electrons. The third-order valence-corrected chi connectivity index (χ3v) is 5.39. The van der Waals surface area contributed by atoms with Crippen LogP contribution in [0.3, 0.4) is 0 Å². The minimum atomic E-state index is -4.46. The maximum absolute atomic E-state index is 12.5. The van der Waals surface area contributed by atoms with Crippen LogP contribution in [0.15, 0.2) is 60.1 Å². The number of rotatable bonds is 10. The van der Waals surface area contributed by atoms with Gasteiger partial charge in [0.1, 0.15) is 0 Å². The van der Waals surface area contributed by atoms with Gasteiger partial charge in [-0.2, -0.15) is 13.2 Å². The van der Waals surface area contributed by atoms with Crippen molar-refractivity contribution in [3.8, 4) is 5.88 Å². The SMILES string of the molecule is O=C(CCCc1cccs1)Nc1cccc(C(=O)NCc2ccnc(OCC(F)(F)F)c2)c1. The monoisotopic (exact) mass is 477 g/mol. The van der Waals surface area contributed by atoms with Crippen molar-refractivity contribution in [2.45, 2.75) is 32.0 Å². The van der Waals surface area contributed by atoms with Gasteiger partial charge < -0.3 is 15.4 Å². The number of nitrogens with zero attached hydrogens (tertiary/aromatic N) is 1. The molecular formula is C23H22F3N3O3S. The van der Waals surface area contributed by atoms with Crippen molar-refractivity contribution in [1.82, 2.24) is 10.3 Å². The minimum absolute atomic E-state index is 0.0725. The summed E-state index contributed by atoms with van der Waals surface area (Å²) in [5.74, 6) is -0.700. The molecule has 0 unspecified atom stereocenters. The average Bonchev–Trinajstić information content (AvgIpc) is 3.29. The molecule has 3 aromatic rings. The molecule has 0 radical (unpaired) electrons. The highest BCUT2D eigenvalue weighted by atomic mass is 32.1. The number of amides is 2. The lowest BCUT2D eigenvalue weighted by Gasteiger charge is -2.10. The molecule has 2 aromatic heterocycles. The van der Waals surface area contributed by atoms with Crippen LogP contribution in [0, 0.1) is 0 Å². The number of pyridine rings is 1. The molecule has 0 bridgehead atoms. The molecule has 0 atom stereocenters. The number of carbonyl (C=O) groups excluding carboxylic acids is 2. The van der Waals surface area contributed by atoms with E-state index in [0.717, 1.165) is 12.8 Å². The zero-order chi connectivity index (χ0) is 23.7. The highest BCUT2D eigenvalue weighted by molar-refractivity contribution is 7.09. The fraction of sp³-hybridized carbons (Fsp3) is 0.261. The van der Waals surface area contributed by atoms with Gasteiger partial charge in [-0.3, -0.25) is 9.59 Å². The smallest absolute Gasteiger partial charge is 0.422 e. The first-order chi connectivity index (χ1) is 15.8. The molecule has 2 heterocycles. The van der Waals surface area contributed by atoms with E-state index < -0.39 is 18.7 Å². The summed E-state index contributed by atoms with van der Waals surface area (Å²) < 4.78 is 41.5. The quantitative estimate of drug-likeness (QED) is 0.432. The zero-order valence-electron chi connectivity index (χ0n) is 17.5. The summed E-state index contributed by atoms with van der Waals surface area (Å²) in [7, 11) is 0. The fourth-order valence-corrected chi connectivity index (χ4v) is 3.67. The van der Waals surface area contributed by atoms with Crippen molar-refractivity contribution in [1.29, 1.82) is 0 Å². The molecular weight excluding hydrogens is 455 g/mol. The number of alkyl halides is 3. The van der Waals surface area contributed by atoms with Crippen LogP contribution in [0.5, 0.6) is 5.88 Å². The first kappa shape index (κ1) is 24.2. The van der Waals surface area contributed by atoms with Gasteiger partial charge in [-0.15, -0.1) is 11.3 Å². The molecule has 6 nitrogen and oxygen atoms in total. The molecule has 0 aliphatic rings. The van der Waals surface area contributed by atoms with Crippen LogP contribution in [0.1, 0.15) is 33.6 Å². The lowest BCUT2D eigenvalue weighted by atomic mass is 10.1. The number of anilines is 1. The molecule has 33 heavy (non-hydrogen) atoms. The molecule has 0 aliphatic heterocycles. The molecule has 0 saturated carbocycles. The van der Waals surface area contributed by atoms with Gasteiger partial charge in [-0.1, -0.05) is 12.1 Å². The van der Waals surface area contributed by atoms with Gasteiger partial charge in [0, 0.05) is 41.4 Å². The van der Waals surface area contributed by atoms with Crippen molar-refractivity contribution in [2.75, 3.05) is 11.9 Å². The summed E-state index contributed by atoms with van der Waals surface area (Å²) in [5.41, 5.74) is 1.38. The Hall–Kier alpha value is -3.40. The standard InChI is InChI=1S/C23H22F3N3O3S/c24-23(25,26)15-32-21-12-16(9-10-27-21)14-28-22(31)17-4-1-5-18(13-17)29-20(30)8-2-6-19-7-3-11-33-19/h1,3-5,7,9-13H,2,6,8,14-15H2,(H,28,31)(H,29,30). The highest BCUT2D eigenvalue weighted by Gasteiger charge is 2.28. The van der Waals surface area contributed by atoms with Crippen LogP contribution in [-0.4, -0.2) is 29.6 Å². The molecule has 2 N–H and O–H groups in total. The second-order valence-electron chi connectivity index (χ2n) is 7.15. The van der Waals surface area contributed by atoms with Crippen LogP contribution >= 0.6 is 11.3 Å². The van der Waals surface area contributed by atoms with Gasteiger partial charge in [0.05, 0.1) is 0 Å². The number of halogens is 3. The number of thiophene rings is 1. The Kier molecular flexibility index (Phi) is 8.42. The number of aromatic nitrogens is 1. The van der Waals surface area contributed by atoms with Gasteiger partial charge in [0.15, 0.2) is 6.61 Å². The van der Waals surface area contributed by atoms with Gasteiger partial charge in [-0.25, -0.2) is 4.98 Å². The lowest BCUT2D eigenvalue weighted by Crippen LogP contribution is -2.23. The van der Waals surface area contributed by atoms with Crippen LogP contribution in [-0.2, 0) is 17.8 Å². The van der Waals surface area contributed by atoms with Crippen LogP contribution in [0.25, 0.3) is 0 Å². The Morgan fingerprint density at radius 3 is 2.70 bits per heavy atom. The van der Waals surface area contributed by atoms with Crippen LogP contribution in [0.2, 0.25) is 0 Å². The van der Waals surface area contributed by atoms with Gasteiger partial charge in [-0.05, 0) is 54.1 Å². The minimum Gasteiger partial charge on any atom is -0.468 e. The molecule has 3 rings (SSSR count). The van der Waals surface area contributed by atoms with E-state index >= 15 is 0 Å². The second kappa shape index (κ2) is 11.5. The Bertz CT molecular complexity index is 1070. The van der Waals surface area contributed by atoms with Crippen molar-refractivity contribution in [2.24, 2.45) is 0 Å². The van der Waals surface area contributed by atoms with Crippen molar-refractivity contribution < 1.29 is 27.5 Å². The Morgan fingerprint density at radius 2 is 1.94 bits per heavy atom. The molecule has 1 aromatic carbocycles. The van der Waals surface area contributed by atoms with Crippen LogP contribution < -0.4 is 15.4 Å². The van der Waals surface area contributed by atoms with E-state index in [1.54, 1.807) is 41.7 Å². The Balaban J connectivity index is 1.48. The van der Waals surface area contributed by atoms with E-state index in [4.69, 9.17) is 0 Å². The Labute approximate surface area is 192 Å². The van der Waals surface area contributed by atoms with E-state index in [2.05, 4.69) is 20.4 Å². The van der Waals surface area contributed by atoms with Crippen LogP contribution in [0.4, 0.5) is 18.9 Å². The topological polar surface area (TPSA) is 80.3 Å². The molecule has 0 fully saturated rings. The summed E-state index contributed by atoms with van der Waals surface area (Å²) in [4.78, 5) is 29.6. The molecule has 10 heteroatoms. The normalized spacial score (nSPS) is 11.1.